The van der Waals surface area contributed by atoms with Gasteiger partial charge in [0.15, 0.2) is 11.2 Å². The number of aromatic nitrogens is 9. The lowest BCUT2D eigenvalue weighted by atomic mass is 10.00. The second-order valence-corrected chi connectivity index (χ2v) is 40.4. The van der Waals surface area contributed by atoms with E-state index in [0.717, 1.165) is 104 Å². The van der Waals surface area contributed by atoms with E-state index in [1.165, 1.54) is 115 Å². The van der Waals surface area contributed by atoms with Crippen molar-refractivity contribution in [3.05, 3.63) is 276 Å². The van der Waals surface area contributed by atoms with E-state index < -0.39 is 64.0 Å². The van der Waals surface area contributed by atoms with Gasteiger partial charge in [-0.05, 0) is 230 Å². The molecule has 0 spiro atoms. The Labute approximate surface area is 814 Å². The van der Waals surface area contributed by atoms with E-state index >= 15 is 0 Å². The first-order valence-electron chi connectivity index (χ1n) is 43.2. The molecular formula is C91H102Cl2F3N23O14S5. The SMILES string of the molecule is CC(Oc1ccc(C(F)(F)F)cc1)C(=O)N1CCN(c2ccc(S(=O)(=O)Nc3ccncn3)cc2)CC1.C[C@H](C(=O)N1CCN(c2ccc(S(=O)(=O)Nc3nccs3)cc2)C(=O)C1)N1CCCc2cc(Cl)ccc21.O=C(Nc1ccccc1Cl)N1CCN(c2ccc(S(=O)(=O)Nc3ccncn3)cc2)CC1.O=S(=O)(Nc1ccncn1)c1ccc(N2CCN(Cc3ccc4nonc4c3)CC2)cc1.[HH].[HH].[HH].[HH].[HH]. The van der Waals surface area contributed by atoms with E-state index in [2.05, 4.69) is 89.0 Å². The average Bonchev–Trinajstić information content (AvgIpc) is 1.10. The number of nitrogens with zero attached hydrogens (tertiary/aromatic N) is 18. The van der Waals surface area contributed by atoms with Gasteiger partial charge in [0.2, 0.25) is 11.8 Å². The summed E-state index contributed by atoms with van der Waals surface area (Å²) in [5, 5.41) is 13.7. The molecule has 10 heterocycles. The number of sulfonamides is 4. The Morgan fingerprint density at radius 1 is 0.500 bits per heavy atom. The quantitative estimate of drug-likeness (QED) is 0.0375. The molecule has 4 fully saturated rings. The van der Waals surface area contributed by atoms with Gasteiger partial charge in [-0.25, -0.2) is 78.0 Å². The number of nitrogens with one attached hydrogen (secondary N) is 5. The molecule has 138 heavy (non-hydrogen) atoms. The lowest BCUT2D eigenvalue weighted by molar-refractivity contribution is -0.139. The highest BCUT2D eigenvalue weighted by atomic mass is 35.5. The Bertz CT molecular complexity index is 6900. The van der Waals surface area contributed by atoms with Crippen molar-refractivity contribution in [3.63, 3.8) is 0 Å². The van der Waals surface area contributed by atoms with Crippen LogP contribution in [0.3, 0.4) is 0 Å². The monoisotopic (exact) mass is 2030 g/mol. The summed E-state index contributed by atoms with van der Waals surface area (Å²) in [5.74, 6) is 0.207. The van der Waals surface area contributed by atoms with E-state index in [-0.39, 0.29) is 85.3 Å². The largest absolute Gasteiger partial charge is 0.481 e. The number of rotatable bonds is 24. The van der Waals surface area contributed by atoms with Gasteiger partial charge >= 0.3 is 12.2 Å². The minimum atomic E-state index is -4.44. The van der Waals surface area contributed by atoms with Gasteiger partial charge in [0.1, 0.15) is 65.8 Å². The number of benzene rings is 8. The smallest absolute Gasteiger partial charge is 0.416 e. The Kier molecular flexibility index (Phi) is 31.4. The molecule has 4 saturated heterocycles. The molecule has 18 rings (SSSR count). The van der Waals surface area contributed by atoms with Crippen LogP contribution in [0, 0.1) is 0 Å². The van der Waals surface area contributed by atoms with Crippen molar-refractivity contribution >= 4 is 166 Å². The summed E-state index contributed by atoms with van der Waals surface area (Å²) in [5.41, 5.74) is 7.92. The van der Waals surface area contributed by atoms with E-state index in [1.807, 2.05) is 66.4 Å². The molecule has 5 N–H and O–H groups in total. The molecule has 1 unspecified atom stereocenters. The fourth-order valence-electron chi connectivity index (χ4n) is 15.6. The van der Waals surface area contributed by atoms with Crippen molar-refractivity contribution in [1.29, 1.82) is 0 Å². The zero-order valence-corrected chi connectivity index (χ0v) is 79.6. The minimum absolute atomic E-state index is 0. The lowest BCUT2D eigenvalue weighted by Gasteiger charge is -2.40. The van der Waals surface area contributed by atoms with Crippen molar-refractivity contribution in [3.8, 4) is 5.75 Å². The molecule has 730 valence electrons. The highest BCUT2D eigenvalue weighted by Crippen LogP contribution is 2.36. The van der Waals surface area contributed by atoms with Gasteiger partial charge < -0.3 is 49.3 Å². The molecule has 0 bridgehead atoms. The van der Waals surface area contributed by atoms with Crippen LogP contribution in [0.4, 0.5) is 74.7 Å². The maximum Gasteiger partial charge on any atom is 0.416 e. The van der Waals surface area contributed by atoms with Crippen LogP contribution < -0.4 is 53.4 Å². The zero-order chi connectivity index (χ0) is 97.3. The van der Waals surface area contributed by atoms with Crippen molar-refractivity contribution < 1.29 is 82.5 Å². The topological polar surface area (TPSA) is 433 Å². The van der Waals surface area contributed by atoms with Gasteiger partial charge in [-0.3, -0.25) is 38.2 Å². The summed E-state index contributed by atoms with van der Waals surface area (Å²) in [6.07, 6.45) is 6.25. The number of carbonyl (C=O) groups is 4. The number of fused-ring (bicyclic) bond motifs is 2. The number of para-hydroxylation sites is 1. The summed E-state index contributed by atoms with van der Waals surface area (Å²) in [6, 6.07) is 52.9. The standard InChI is InChI=1S/C25H26ClN5O4S2.C24H24F3N5O4S.C21H21ClN6O3S.C21H21N7O3S.5H2/c1-17(30-11-2-3-18-15-19(26)4-9-22(18)30)24(33)29-12-13-31(23(32)16-29)20-5-7-21(8-6-20)37(34,35)28-25-27-10-14-36-25;1-17(36-20-6-2-18(3-7-20)24(25,26)27)23(33)32-14-12-31(13-15-32)19-4-8-21(9-5-19)37(34,35)30-22-10-11-28-16-29-22;22-18-3-1-2-4-19(18)25-21(29)28-13-11-27(12-14-28)16-5-7-17(8-6-16)32(30,31)26-20-9-10-23-15-24-20;29-32(30,26-21-7-8-22-15-23-21)18-4-2-17(3-5-18)28-11-9-27(10-12-28)14-16-1-6-19-20(13-16)25-31-24-19;;;;;/h4-10,14-15,17H,2-3,11-13,16H2,1H3,(H,27,28);2-11,16-17H,12-15H2,1H3,(H,28,29,30);1-10,15H,11-14H2,(H,25,29)(H,23,24,26);1-8,13,15H,9-12,14H2,(H,22,23,26);5*1H/t17-;;;;;;;;/m1......../s1. The van der Waals surface area contributed by atoms with Crippen molar-refractivity contribution in [2.45, 2.75) is 71.1 Å². The van der Waals surface area contributed by atoms with Crippen molar-refractivity contribution in [1.82, 2.24) is 64.8 Å². The third-order valence-electron chi connectivity index (χ3n) is 22.9. The van der Waals surface area contributed by atoms with Crippen molar-refractivity contribution in [2.24, 2.45) is 0 Å². The summed E-state index contributed by atoms with van der Waals surface area (Å²) in [7, 11) is -15.0. The number of piperazine rings is 4. The molecule has 5 amide bonds. The fourth-order valence-corrected chi connectivity index (χ4v) is 20.8. The molecule has 2 atom stereocenters. The normalized spacial score (nSPS) is 15.4. The number of halogens is 5. The minimum Gasteiger partial charge on any atom is -0.481 e. The molecular weight excluding hydrogens is 1930 g/mol. The highest BCUT2D eigenvalue weighted by molar-refractivity contribution is 7.93. The van der Waals surface area contributed by atoms with Gasteiger partial charge in [-0.15, -0.1) is 11.3 Å². The Morgan fingerprint density at radius 3 is 1.47 bits per heavy atom. The number of alkyl halides is 3. The Morgan fingerprint density at radius 2 is 0.986 bits per heavy atom. The maximum absolute atomic E-state index is 13.4. The highest BCUT2D eigenvalue weighted by Gasteiger charge is 2.37. The molecule has 37 nitrogen and oxygen atoms in total. The number of amides is 5. The van der Waals surface area contributed by atoms with E-state index in [9.17, 15) is 66.0 Å². The second kappa shape index (κ2) is 44.0. The Balaban J connectivity index is 0.000000194. The molecule has 5 aliphatic rings. The van der Waals surface area contributed by atoms with Gasteiger partial charge in [-0.2, -0.15) is 13.2 Å². The van der Waals surface area contributed by atoms with E-state index in [0.29, 0.717) is 86.9 Å². The van der Waals surface area contributed by atoms with Crippen LogP contribution >= 0.6 is 34.5 Å². The number of ether oxygens (including phenoxy) is 1. The zero-order valence-electron chi connectivity index (χ0n) is 74.0. The number of hydrogen-bond donors (Lipinski definition) is 5. The number of urea groups is 1. The van der Waals surface area contributed by atoms with Gasteiger partial charge in [0.05, 0.1) is 35.9 Å². The molecule has 5 aliphatic heterocycles. The fraction of sp³-hybridized carbons (Fsp3) is 0.264. The summed E-state index contributed by atoms with van der Waals surface area (Å²) < 4.78 is 159. The first-order valence-corrected chi connectivity index (χ1v) is 50.8. The van der Waals surface area contributed by atoms with Crippen LogP contribution in [-0.2, 0) is 73.6 Å². The van der Waals surface area contributed by atoms with E-state index in [4.69, 9.17) is 32.6 Å². The molecule has 0 aliphatic carbocycles. The van der Waals surface area contributed by atoms with Crippen LogP contribution in [0.15, 0.2) is 274 Å². The van der Waals surface area contributed by atoms with Crippen molar-refractivity contribution in [2.75, 3.05) is 153 Å². The first kappa shape index (κ1) is 98.5. The first-order chi connectivity index (χ1) is 66.2. The van der Waals surface area contributed by atoms with Crippen LogP contribution in [-0.4, -0.2) is 239 Å². The van der Waals surface area contributed by atoms with Crippen LogP contribution in [0.5, 0.6) is 5.75 Å². The number of anilines is 10. The third kappa shape index (κ3) is 25.5. The maximum atomic E-state index is 13.4. The third-order valence-corrected chi connectivity index (χ3v) is 29.7. The second-order valence-electron chi connectivity index (χ2n) is 31.9. The Hall–Kier alpha value is -14.0. The lowest BCUT2D eigenvalue weighted by Crippen LogP contribution is -2.57. The van der Waals surface area contributed by atoms with Gasteiger partial charge in [0.25, 0.3) is 46.0 Å². The van der Waals surface area contributed by atoms with Gasteiger partial charge in [-0.1, -0.05) is 41.4 Å². The molecule has 47 heteroatoms. The van der Waals surface area contributed by atoms with Crippen LogP contribution in [0.1, 0.15) is 44.1 Å². The number of carbonyl (C=O) groups excluding carboxylic acids is 4. The summed E-state index contributed by atoms with van der Waals surface area (Å²) >= 11 is 13.4. The molecule has 0 saturated carbocycles. The van der Waals surface area contributed by atoms with Gasteiger partial charge in [0, 0.05) is 175 Å². The molecule has 13 aromatic rings. The molecule has 0 radical (unpaired) electrons. The number of thiazole rings is 1. The predicted octanol–water partition coefficient (Wildman–Crippen LogP) is 13.7. The summed E-state index contributed by atoms with van der Waals surface area (Å²) in [4.78, 5) is 96.5. The molecule has 8 aromatic carbocycles. The van der Waals surface area contributed by atoms with Crippen LogP contribution in [0.2, 0.25) is 10.0 Å². The molecule has 5 aromatic heterocycles. The predicted molar refractivity (Wildman–Crippen MR) is 527 cm³/mol. The van der Waals surface area contributed by atoms with E-state index in [1.54, 1.807) is 111 Å². The van der Waals surface area contributed by atoms with Crippen LogP contribution in [0.25, 0.3) is 11.0 Å². The average molecular weight is 2030 g/mol. The number of aryl methyl sites for hydroxylation is 1. The number of hydrogen-bond acceptors (Lipinski definition) is 29. The summed E-state index contributed by atoms with van der Waals surface area (Å²) in [6.45, 7) is 13.4.